The molecule has 1 unspecified atom stereocenters. The van der Waals surface area contributed by atoms with Crippen molar-refractivity contribution in [3.8, 4) is 12.1 Å². The molecule has 0 bridgehead atoms. The van der Waals surface area contributed by atoms with Crippen molar-refractivity contribution in [1.82, 2.24) is 0 Å². The summed E-state index contributed by atoms with van der Waals surface area (Å²) in [5.74, 6) is 0. The normalized spacial score (nSPS) is 21.5. The van der Waals surface area contributed by atoms with Gasteiger partial charge in [-0.15, -0.1) is 0 Å². The minimum absolute atomic E-state index is 0.666. The first-order valence-electron chi connectivity index (χ1n) is 7.36. The van der Waals surface area contributed by atoms with Gasteiger partial charge < -0.3 is 0 Å². The fraction of sp³-hybridized carbons (Fsp3) is 0.867. The fourth-order valence-corrected chi connectivity index (χ4v) is 2.42. The standard InChI is InChI=1S/C15H24N4/c1-3-4-6-9-14(2,12-16)18-19-15(13-17)10-7-5-8-11-15/h3-11H2,1-2H3. The molecule has 1 saturated carbocycles. The van der Waals surface area contributed by atoms with Gasteiger partial charge in [-0.25, -0.2) is 0 Å². The minimum atomic E-state index is -0.767. The second-order valence-electron chi connectivity index (χ2n) is 5.75. The van der Waals surface area contributed by atoms with E-state index in [2.05, 4.69) is 29.3 Å². The summed E-state index contributed by atoms with van der Waals surface area (Å²) < 4.78 is 0. The van der Waals surface area contributed by atoms with Gasteiger partial charge >= 0.3 is 0 Å². The quantitative estimate of drug-likeness (QED) is 0.520. The van der Waals surface area contributed by atoms with Crippen LogP contribution in [-0.2, 0) is 0 Å². The summed E-state index contributed by atoms with van der Waals surface area (Å²) in [4.78, 5) is 0. The molecule has 0 amide bonds. The molecule has 4 nitrogen and oxygen atoms in total. The largest absolute Gasteiger partial charge is 0.196 e. The average Bonchev–Trinajstić information content (AvgIpc) is 2.46. The third-order valence-corrected chi connectivity index (χ3v) is 3.86. The number of azo groups is 1. The highest BCUT2D eigenvalue weighted by atomic mass is 15.2. The Morgan fingerprint density at radius 1 is 1.16 bits per heavy atom. The molecule has 104 valence electrons. The molecule has 4 heteroatoms. The Morgan fingerprint density at radius 2 is 1.84 bits per heavy atom. The van der Waals surface area contributed by atoms with E-state index >= 15 is 0 Å². The molecule has 0 heterocycles. The molecule has 0 aromatic heterocycles. The maximum Gasteiger partial charge on any atom is 0.167 e. The van der Waals surface area contributed by atoms with Gasteiger partial charge in [-0.3, -0.25) is 0 Å². The van der Waals surface area contributed by atoms with E-state index < -0.39 is 11.1 Å². The molecule has 19 heavy (non-hydrogen) atoms. The van der Waals surface area contributed by atoms with E-state index in [9.17, 15) is 10.5 Å². The molecule has 0 N–H and O–H groups in total. The van der Waals surface area contributed by atoms with E-state index in [4.69, 9.17) is 0 Å². The Hall–Kier alpha value is -1.42. The molecule has 0 spiro atoms. The topological polar surface area (TPSA) is 72.3 Å². The van der Waals surface area contributed by atoms with Crippen LogP contribution in [0.1, 0.15) is 71.6 Å². The van der Waals surface area contributed by atoms with Crippen molar-refractivity contribution in [2.45, 2.75) is 82.7 Å². The highest BCUT2D eigenvalue weighted by molar-refractivity contribution is 5.10. The summed E-state index contributed by atoms with van der Waals surface area (Å²) in [5, 5.41) is 27.2. The molecule has 0 saturated heterocycles. The van der Waals surface area contributed by atoms with Gasteiger partial charge in [0, 0.05) is 0 Å². The maximum absolute atomic E-state index is 9.34. The highest BCUT2D eigenvalue weighted by Gasteiger charge is 2.33. The fourth-order valence-electron chi connectivity index (χ4n) is 2.42. The molecule has 0 radical (unpaired) electrons. The summed E-state index contributed by atoms with van der Waals surface area (Å²) in [7, 11) is 0. The maximum atomic E-state index is 9.34. The van der Waals surface area contributed by atoms with Crippen LogP contribution < -0.4 is 0 Å². The predicted octanol–water partition coefficient (Wildman–Crippen LogP) is 4.53. The monoisotopic (exact) mass is 260 g/mol. The van der Waals surface area contributed by atoms with Gasteiger partial charge in [0.2, 0.25) is 0 Å². The molecule has 0 aromatic carbocycles. The summed E-state index contributed by atoms with van der Waals surface area (Å²) in [6, 6.07) is 4.56. The van der Waals surface area contributed by atoms with Crippen molar-refractivity contribution in [2.24, 2.45) is 10.2 Å². The third-order valence-electron chi connectivity index (χ3n) is 3.86. The molecular formula is C15H24N4. The summed E-state index contributed by atoms with van der Waals surface area (Å²) in [5.41, 5.74) is -1.43. The lowest BCUT2D eigenvalue weighted by Crippen LogP contribution is -2.28. The van der Waals surface area contributed by atoms with Crippen LogP contribution in [0.2, 0.25) is 0 Å². The van der Waals surface area contributed by atoms with Gasteiger partial charge in [-0.05, 0) is 45.4 Å². The number of unbranched alkanes of at least 4 members (excludes halogenated alkanes) is 2. The second-order valence-corrected chi connectivity index (χ2v) is 5.75. The van der Waals surface area contributed by atoms with Crippen molar-refractivity contribution < 1.29 is 0 Å². The number of hydrogen-bond donors (Lipinski definition) is 0. The van der Waals surface area contributed by atoms with Crippen molar-refractivity contribution in [2.75, 3.05) is 0 Å². The Labute approximate surface area is 116 Å². The van der Waals surface area contributed by atoms with E-state index in [1.807, 2.05) is 6.92 Å². The zero-order valence-electron chi connectivity index (χ0n) is 12.2. The lowest BCUT2D eigenvalue weighted by molar-refractivity contribution is 0.340. The van der Waals surface area contributed by atoms with Gasteiger partial charge in [0.05, 0.1) is 12.1 Å². The lowest BCUT2D eigenvalue weighted by atomic mass is 9.84. The van der Waals surface area contributed by atoms with Crippen molar-refractivity contribution >= 4 is 0 Å². The molecule has 1 atom stereocenters. The van der Waals surface area contributed by atoms with Crippen LogP contribution in [-0.4, -0.2) is 11.1 Å². The zero-order chi connectivity index (χ0) is 14.2. The Balaban J connectivity index is 2.70. The lowest BCUT2D eigenvalue weighted by Gasteiger charge is -2.26. The molecule has 0 aliphatic heterocycles. The molecule has 1 aliphatic rings. The van der Waals surface area contributed by atoms with Gasteiger partial charge in [0.15, 0.2) is 11.1 Å². The van der Waals surface area contributed by atoms with Crippen molar-refractivity contribution in [3.63, 3.8) is 0 Å². The van der Waals surface area contributed by atoms with Gasteiger partial charge in [0.1, 0.15) is 0 Å². The molecular weight excluding hydrogens is 236 g/mol. The van der Waals surface area contributed by atoms with Crippen LogP contribution >= 0.6 is 0 Å². The highest BCUT2D eigenvalue weighted by Crippen LogP contribution is 2.32. The molecule has 1 fully saturated rings. The van der Waals surface area contributed by atoms with E-state index in [1.54, 1.807) is 0 Å². The number of nitrogens with zero attached hydrogens (tertiary/aromatic N) is 4. The minimum Gasteiger partial charge on any atom is -0.196 e. The SMILES string of the molecule is CCCCCC(C)(C#N)N=NC1(C#N)CCCCC1. The van der Waals surface area contributed by atoms with Crippen LogP contribution in [0, 0.1) is 22.7 Å². The van der Waals surface area contributed by atoms with Gasteiger partial charge in [-0.2, -0.15) is 20.8 Å². The van der Waals surface area contributed by atoms with E-state index in [0.717, 1.165) is 51.4 Å². The first-order valence-corrected chi connectivity index (χ1v) is 7.36. The van der Waals surface area contributed by atoms with E-state index in [1.165, 1.54) is 6.42 Å². The van der Waals surface area contributed by atoms with Crippen LogP contribution in [0.3, 0.4) is 0 Å². The Kier molecular flexibility index (Phi) is 5.96. The van der Waals surface area contributed by atoms with Gasteiger partial charge in [0.25, 0.3) is 0 Å². The molecule has 0 aromatic rings. The first-order chi connectivity index (χ1) is 9.10. The number of nitriles is 2. The molecule has 1 aliphatic carbocycles. The predicted molar refractivity (Wildman–Crippen MR) is 74.4 cm³/mol. The summed E-state index contributed by atoms with van der Waals surface area (Å²) >= 11 is 0. The Bertz CT molecular complexity index is 382. The van der Waals surface area contributed by atoms with Crippen LogP contribution in [0.4, 0.5) is 0 Å². The summed E-state index contributed by atoms with van der Waals surface area (Å²) in [6.45, 7) is 3.96. The van der Waals surface area contributed by atoms with E-state index in [-0.39, 0.29) is 0 Å². The van der Waals surface area contributed by atoms with Gasteiger partial charge in [-0.1, -0.05) is 26.2 Å². The number of hydrogen-bond acceptors (Lipinski definition) is 4. The van der Waals surface area contributed by atoms with Crippen molar-refractivity contribution in [3.05, 3.63) is 0 Å². The first kappa shape index (κ1) is 15.6. The molecule has 1 rings (SSSR count). The van der Waals surface area contributed by atoms with Crippen LogP contribution in [0.15, 0.2) is 10.2 Å². The Morgan fingerprint density at radius 3 is 2.37 bits per heavy atom. The second kappa shape index (κ2) is 7.24. The average molecular weight is 260 g/mol. The van der Waals surface area contributed by atoms with Crippen molar-refractivity contribution in [1.29, 1.82) is 10.5 Å². The number of rotatable bonds is 6. The van der Waals surface area contributed by atoms with Crippen LogP contribution in [0.25, 0.3) is 0 Å². The zero-order valence-corrected chi connectivity index (χ0v) is 12.2. The smallest absolute Gasteiger partial charge is 0.167 e. The summed E-state index contributed by atoms with van der Waals surface area (Å²) in [6.07, 6.45) is 8.74. The van der Waals surface area contributed by atoms with E-state index in [0.29, 0.717) is 0 Å². The van der Waals surface area contributed by atoms with Crippen LogP contribution in [0.5, 0.6) is 0 Å². The third kappa shape index (κ3) is 4.63.